The molecule has 0 saturated heterocycles. The number of para-hydroxylation sites is 1. The molecule has 1 aliphatic rings. The molecule has 0 aromatic heterocycles. The van der Waals surface area contributed by atoms with Crippen molar-refractivity contribution >= 4 is 5.69 Å². The van der Waals surface area contributed by atoms with E-state index in [0.717, 1.165) is 18.6 Å². The molecule has 0 saturated carbocycles. The van der Waals surface area contributed by atoms with Gasteiger partial charge >= 0.3 is 0 Å². The third-order valence-corrected chi connectivity index (χ3v) is 3.88. The zero-order valence-electron chi connectivity index (χ0n) is 11.4. The Morgan fingerprint density at radius 1 is 1.16 bits per heavy atom. The number of hydrogen-bond donors (Lipinski definition) is 1. The Balaban J connectivity index is 1.86. The number of methoxy groups -OCH3 is 1. The number of ether oxygens (including phenoxy) is 1. The van der Waals surface area contributed by atoms with Crippen LogP contribution in [0.15, 0.2) is 42.5 Å². The van der Waals surface area contributed by atoms with Crippen molar-refractivity contribution in [1.82, 2.24) is 0 Å². The molecule has 1 atom stereocenters. The van der Waals surface area contributed by atoms with E-state index >= 15 is 0 Å². The van der Waals surface area contributed by atoms with Crippen molar-refractivity contribution in [2.45, 2.75) is 25.8 Å². The van der Waals surface area contributed by atoms with Gasteiger partial charge in [-0.05, 0) is 41.7 Å². The molecule has 0 radical (unpaired) electrons. The molecule has 0 spiro atoms. The molecule has 2 aromatic carbocycles. The van der Waals surface area contributed by atoms with Gasteiger partial charge in [-0.25, -0.2) is 0 Å². The van der Waals surface area contributed by atoms with E-state index in [4.69, 9.17) is 4.74 Å². The summed E-state index contributed by atoms with van der Waals surface area (Å²) in [5.74, 6) is 0.911. The molecule has 1 N–H and O–H groups in total. The van der Waals surface area contributed by atoms with Crippen LogP contribution < -0.4 is 10.1 Å². The van der Waals surface area contributed by atoms with Crippen molar-refractivity contribution in [3.8, 4) is 5.75 Å². The summed E-state index contributed by atoms with van der Waals surface area (Å²) in [6.07, 6.45) is 2.14. The second kappa shape index (κ2) is 4.96. The van der Waals surface area contributed by atoms with Gasteiger partial charge in [0.25, 0.3) is 0 Å². The number of benzene rings is 2. The number of fused-ring (bicyclic) bond motifs is 1. The first-order valence-corrected chi connectivity index (χ1v) is 6.83. The molecule has 3 rings (SSSR count). The highest BCUT2D eigenvalue weighted by atomic mass is 16.5. The van der Waals surface area contributed by atoms with Gasteiger partial charge in [-0.15, -0.1) is 0 Å². The average molecular weight is 253 g/mol. The first kappa shape index (κ1) is 12.1. The van der Waals surface area contributed by atoms with Crippen molar-refractivity contribution in [1.29, 1.82) is 0 Å². The lowest BCUT2D eigenvalue weighted by Gasteiger charge is -2.13. The van der Waals surface area contributed by atoms with Crippen LogP contribution in [0.2, 0.25) is 0 Å². The predicted molar refractivity (Wildman–Crippen MR) is 78.9 cm³/mol. The maximum atomic E-state index is 5.21. The largest absolute Gasteiger partial charge is 0.497 e. The maximum absolute atomic E-state index is 5.21. The summed E-state index contributed by atoms with van der Waals surface area (Å²) in [4.78, 5) is 0. The Bertz CT molecular complexity index is 574. The minimum Gasteiger partial charge on any atom is -0.497 e. The van der Waals surface area contributed by atoms with Gasteiger partial charge < -0.3 is 10.1 Å². The van der Waals surface area contributed by atoms with E-state index in [-0.39, 0.29) is 0 Å². The molecule has 1 unspecified atom stereocenters. The van der Waals surface area contributed by atoms with E-state index in [2.05, 4.69) is 42.6 Å². The van der Waals surface area contributed by atoms with E-state index in [9.17, 15) is 0 Å². The van der Waals surface area contributed by atoms with Crippen LogP contribution in [0.5, 0.6) is 5.75 Å². The second-order valence-electron chi connectivity index (χ2n) is 4.98. The molecule has 19 heavy (non-hydrogen) atoms. The minimum absolute atomic E-state index is 0.383. The highest BCUT2D eigenvalue weighted by Crippen LogP contribution is 2.37. The quantitative estimate of drug-likeness (QED) is 0.893. The average Bonchev–Trinajstić information content (AvgIpc) is 2.91. The summed E-state index contributed by atoms with van der Waals surface area (Å²) >= 11 is 0. The van der Waals surface area contributed by atoms with Crippen molar-refractivity contribution in [3.63, 3.8) is 0 Å². The molecule has 0 bridgehead atoms. The Hall–Kier alpha value is -1.96. The number of hydrogen-bond acceptors (Lipinski definition) is 2. The van der Waals surface area contributed by atoms with Crippen LogP contribution in [0.1, 0.15) is 29.7 Å². The van der Waals surface area contributed by atoms with Gasteiger partial charge in [-0.2, -0.15) is 0 Å². The summed E-state index contributed by atoms with van der Waals surface area (Å²) in [6.45, 7) is 2.21. The fraction of sp³-hybridized carbons (Fsp3) is 0.294. The zero-order chi connectivity index (χ0) is 13.2. The maximum Gasteiger partial charge on any atom is 0.118 e. The van der Waals surface area contributed by atoms with Gasteiger partial charge in [0.15, 0.2) is 0 Å². The molecule has 1 heterocycles. The molecule has 0 fully saturated rings. The van der Waals surface area contributed by atoms with Crippen LogP contribution in [-0.2, 0) is 12.8 Å². The van der Waals surface area contributed by atoms with Crippen molar-refractivity contribution in [3.05, 3.63) is 59.2 Å². The molecule has 98 valence electrons. The van der Waals surface area contributed by atoms with Crippen LogP contribution in [-0.4, -0.2) is 7.11 Å². The van der Waals surface area contributed by atoms with Crippen LogP contribution in [0.3, 0.4) is 0 Å². The second-order valence-corrected chi connectivity index (χ2v) is 4.98. The standard InChI is InChI=1S/C17H19NO/c1-3-12-5-4-6-14-11-16(18-17(12)14)13-7-9-15(19-2)10-8-13/h4-10,16,18H,3,11H2,1-2H3. The number of aryl methyl sites for hydroxylation is 1. The Kier molecular flexibility index (Phi) is 3.16. The highest BCUT2D eigenvalue weighted by molar-refractivity contribution is 5.63. The summed E-state index contributed by atoms with van der Waals surface area (Å²) in [7, 11) is 1.70. The topological polar surface area (TPSA) is 21.3 Å². The molecule has 0 aliphatic carbocycles. The van der Waals surface area contributed by atoms with Gasteiger partial charge in [0.1, 0.15) is 5.75 Å². The van der Waals surface area contributed by atoms with Crippen LogP contribution >= 0.6 is 0 Å². The molecule has 0 amide bonds. The summed E-state index contributed by atoms with van der Waals surface area (Å²) in [5.41, 5.74) is 5.50. The summed E-state index contributed by atoms with van der Waals surface area (Å²) in [6, 6.07) is 15.3. The summed E-state index contributed by atoms with van der Waals surface area (Å²) in [5, 5.41) is 3.67. The summed E-state index contributed by atoms with van der Waals surface area (Å²) < 4.78 is 5.21. The van der Waals surface area contributed by atoms with Gasteiger partial charge in [0, 0.05) is 5.69 Å². The van der Waals surface area contributed by atoms with Gasteiger partial charge in [0.2, 0.25) is 0 Å². The lowest BCUT2D eigenvalue weighted by atomic mass is 10.0. The minimum atomic E-state index is 0.383. The lowest BCUT2D eigenvalue weighted by Crippen LogP contribution is -2.06. The zero-order valence-corrected chi connectivity index (χ0v) is 11.4. The molecule has 1 aliphatic heterocycles. The van der Waals surface area contributed by atoms with Crippen molar-refractivity contribution < 1.29 is 4.74 Å². The van der Waals surface area contributed by atoms with Crippen molar-refractivity contribution in [2.24, 2.45) is 0 Å². The lowest BCUT2D eigenvalue weighted by molar-refractivity contribution is 0.414. The van der Waals surface area contributed by atoms with E-state index in [1.165, 1.54) is 22.4 Å². The number of anilines is 1. The van der Waals surface area contributed by atoms with E-state index in [1.807, 2.05) is 12.1 Å². The first-order chi connectivity index (χ1) is 9.31. The Labute approximate surface area is 114 Å². The fourth-order valence-electron chi connectivity index (χ4n) is 2.79. The van der Waals surface area contributed by atoms with E-state index in [1.54, 1.807) is 7.11 Å². The Morgan fingerprint density at radius 2 is 1.95 bits per heavy atom. The fourth-order valence-corrected chi connectivity index (χ4v) is 2.79. The van der Waals surface area contributed by atoms with Crippen LogP contribution in [0.4, 0.5) is 5.69 Å². The van der Waals surface area contributed by atoms with E-state index < -0.39 is 0 Å². The molecule has 2 aromatic rings. The van der Waals surface area contributed by atoms with Crippen LogP contribution in [0.25, 0.3) is 0 Å². The molecular weight excluding hydrogens is 234 g/mol. The first-order valence-electron chi connectivity index (χ1n) is 6.83. The number of nitrogens with one attached hydrogen (secondary N) is 1. The van der Waals surface area contributed by atoms with Crippen LogP contribution in [0, 0.1) is 0 Å². The monoisotopic (exact) mass is 253 g/mol. The van der Waals surface area contributed by atoms with Gasteiger partial charge in [-0.1, -0.05) is 37.3 Å². The Morgan fingerprint density at radius 3 is 2.63 bits per heavy atom. The predicted octanol–water partition coefficient (Wildman–Crippen LogP) is 3.97. The molecular formula is C17H19NO. The highest BCUT2D eigenvalue weighted by Gasteiger charge is 2.23. The van der Waals surface area contributed by atoms with E-state index in [0.29, 0.717) is 6.04 Å². The molecule has 2 heteroatoms. The molecule has 2 nitrogen and oxygen atoms in total. The van der Waals surface area contributed by atoms with Gasteiger partial charge in [-0.3, -0.25) is 0 Å². The third kappa shape index (κ3) is 2.19. The van der Waals surface area contributed by atoms with Crippen molar-refractivity contribution in [2.75, 3.05) is 12.4 Å². The SMILES string of the molecule is CCc1cccc2c1NC(c1ccc(OC)cc1)C2. The smallest absolute Gasteiger partial charge is 0.118 e. The van der Waals surface area contributed by atoms with Gasteiger partial charge in [0.05, 0.1) is 13.2 Å². The number of rotatable bonds is 3. The normalized spacial score (nSPS) is 16.8. The third-order valence-electron chi connectivity index (χ3n) is 3.88.